The number of hydrogen-bond acceptors (Lipinski definition) is 6. The lowest BCUT2D eigenvalue weighted by Crippen LogP contribution is -2.21. The second kappa shape index (κ2) is 7.17. The van der Waals surface area contributed by atoms with Crippen LogP contribution in [-0.4, -0.2) is 38.8 Å². The molecular weight excluding hydrogens is 304 g/mol. The summed E-state index contributed by atoms with van der Waals surface area (Å²) in [5.74, 6) is 1.46. The summed E-state index contributed by atoms with van der Waals surface area (Å²) in [6.07, 6.45) is 2.72. The third kappa shape index (κ3) is 3.91. The predicted molar refractivity (Wildman–Crippen MR) is 93.0 cm³/mol. The molecule has 2 rings (SSSR count). The van der Waals surface area contributed by atoms with Crippen LogP contribution in [0.1, 0.15) is 25.6 Å². The highest BCUT2D eigenvalue weighted by molar-refractivity contribution is 7.84. The van der Waals surface area contributed by atoms with Crippen molar-refractivity contribution in [3.8, 4) is 0 Å². The fourth-order valence-electron chi connectivity index (χ4n) is 1.88. The van der Waals surface area contributed by atoms with Gasteiger partial charge in [0.05, 0.1) is 5.39 Å². The zero-order chi connectivity index (χ0) is 15.4. The Morgan fingerprint density at radius 2 is 2.10 bits per heavy atom. The Morgan fingerprint density at radius 1 is 1.33 bits per heavy atom. The van der Waals surface area contributed by atoms with E-state index < -0.39 is 10.8 Å². The molecule has 2 heterocycles. The van der Waals surface area contributed by atoms with Gasteiger partial charge in [-0.25, -0.2) is 4.98 Å². The van der Waals surface area contributed by atoms with Gasteiger partial charge in [0.1, 0.15) is 10.6 Å². The first-order chi connectivity index (χ1) is 10.0. The molecule has 0 aliphatic heterocycles. The minimum atomic E-state index is -0.842. The molecule has 0 saturated heterocycles. The van der Waals surface area contributed by atoms with Crippen LogP contribution in [0.4, 0.5) is 11.8 Å². The van der Waals surface area contributed by atoms with Gasteiger partial charge in [-0.15, -0.1) is 11.3 Å². The highest BCUT2D eigenvalue weighted by atomic mass is 32.2. The first kappa shape index (κ1) is 16.2. The summed E-state index contributed by atoms with van der Waals surface area (Å²) in [6, 6.07) is 2.14. The maximum Gasteiger partial charge on any atom is 0.226 e. The molecule has 0 amide bonds. The van der Waals surface area contributed by atoms with Crippen LogP contribution in [0.15, 0.2) is 6.07 Å². The van der Waals surface area contributed by atoms with Crippen LogP contribution in [0.3, 0.4) is 0 Å². The van der Waals surface area contributed by atoms with E-state index in [4.69, 9.17) is 0 Å². The molecule has 5 nitrogen and oxygen atoms in total. The average molecular weight is 326 g/mol. The van der Waals surface area contributed by atoms with Gasteiger partial charge in [-0.1, -0.05) is 6.92 Å². The van der Waals surface area contributed by atoms with Gasteiger partial charge in [0.2, 0.25) is 5.95 Å². The van der Waals surface area contributed by atoms with E-state index in [1.807, 2.05) is 13.8 Å². The number of fused-ring (bicyclic) bond motifs is 1. The van der Waals surface area contributed by atoms with E-state index in [0.29, 0.717) is 12.5 Å². The van der Waals surface area contributed by atoms with Gasteiger partial charge in [0.15, 0.2) is 0 Å². The van der Waals surface area contributed by atoms with Crippen LogP contribution in [0.2, 0.25) is 0 Å². The molecule has 0 bridgehead atoms. The van der Waals surface area contributed by atoms with E-state index in [1.165, 1.54) is 4.88 Å². The Balaban J connectivity index is 2.34. The summed E-state index contributed by atoms with van der Waals surface area (Å²) < 4.78 is 11.5. The van der Waals surface area contributed by atoms with Crippen molar-refractivity contribution in [2.24, 2.45) is 0 Å². The molecule has 2 atom stereocenters. The molecule has 2 aromatic rings. The number of aromatic nitrogens is 2. The van der Waals surface area contributed by atoms with E-state index >= 15 is 0 Å². The third-order valence-electron chi connectivity index (χ3n) is 3.25. The van der Waals surface area contributed by atoms with Crippen LogP contribution in [0.5, 0.6) is 0 Å². The minimum absolute atomic E-state index is 0.0851. The van der Waals surface area contributed by atoms with E-state index in [0.717, 1.165) is 29.0 Å². The molecule has 21 heavy (non-hydrogen) atoms. The van der Waals surface area contributed by atoms with Crippen LogP contribution in [-0.2, 0) is 17.2 Å². The molecule has 0 aliphatic rings. The maximum atomic E-state index is 11.5. The predicted octanol–water partition coefficient (Wildman–Crippen LogP) is 2.86. The maximum absolute atomic E-state index is 11.5. The summed E-state index contributed by atoms with van der Waals surface area (Å²) >= 11 is 1.70. The zero-order valence-electron chi connectivity index (χ0n) is 12.9. The Kier molecular flexibility index (Phi) is 5.52. The van der Waals surface area contributed by atoms with E-state index in [9.17, 15) is 4.21 Å². The summed E-state index contributed by atoms with van der Waals surface area (Å²) in [4.78, 5) is 11.4. The van der Waals surface area contributed by atoms with Crippen molar-refractivity contribution in [2.45, 2.75) is 32.4 Å². The van der Waals surface area contributed by atoms with Crippen molar-refractivity contribution in [3.05, 3.63) is 10.9 Å². The van der Waals surface area contributed by atoms with Crippen molar-refractivity contribution in [3.63, 3.8) is 0 Å². The monoisotopic (exact) mass is 326 g/mol. The van der Waals surface area contributed by atoms with Crippen molar-refractivity contribution in [2.75, 3.05) is 30.0 Å². The molecule has 2 aromatic heterocycles. The van der Waals surface area contributed by atoms with Crippen LogP contribution < -0.4 is 10.6 Å². The smallest absolute Gasteiger partial charge is 0.226 e. The quantitative estimate of drug-likeness (QED) is 0.819. The molecular formula is C14H22N4OS2. The number of aryl methyl sites for hydroxylation is 1. The number of thiophene rings is 1. The standard InChI is InChI=1S/C14H22N4OS2/c1-5-10-7-11-12(16-8-9(3)21(4)19)17-14(15-6-2)18-13(11)20-10/h7,9H,5-6,8H2,1-4H3,(H2,15,16,17,18). The van der Waals surface area contributed by atoms with Crippen molar-refractivity contribution >= 4 is 44.1 Å². The lowest BCUT2D eigenvalue weighted by atomic mass is 10.3. The highest BCUT2D eigenvalue weighted by Crippen LogP contribution is 2.30. The first-order valence-corrected chi connectivity index (χ1v) is 9.59. The molecule has 0 radical (unpaired) electrons. The van der Waals surface area contributed by atoms with Gasteiger partial charge < -0.3 is 10.6 Å². The zero-order valence-corrected chi connectivity index (χ0v) is 14.5. The molecule has 0 fully saturated rings. The van der Waals surface area contributed by atoms with Crippen LogP contribution in [0.25, 0.3) is 10.2 Å². The van der Waals surface area contributed by atoms with Crippen LogP contribution in [0, 0.1) is 0 Å². The van der Waals surface area contributed by atoms with Crippen molar-refractivity contribution in [1.82, 2.24) is 9.97 Å². The van der Waals surface area contributed by atoms with E-state index in [1.54, 1.807) is 17.6 Å². The number of hydrogen-bond donors (Lipinski definition) is 2. The topological polar surface area (TPSA) is 66.9 Å². The molecule has 116 valence electrons. The minimum Gasteiger partial charge on any atom is -0.368 e. The number of anilines is 2. The Morgan fingerprint density at radius 3 is 2.71 bits per heavy atom. The third-order valence-corrected chi connectivity index (χ3v) is 5.72. The Hall–Kier alpha value is -1.21. The summed E-state index contributed by atoms with van der Waals surface area (Å²) in [7, 11) is -0.842. The Labute approximate surface area is 132 Å². The van der Waals surface area contributed by atoms with Crippen molar-refractivity contribution in [1.29, 1.82) is 0 Å². The Bertz CT molecular complexity index is 641. The van der Waals surface area contributed by atoms with Gasteiger partial charge in [0, 0.05) is 40.3 Å². The molecule has 0 aliphatic carbocycles. The summed E-state index contributed by atoms with van der Waals surface area (Å²) in [5, 5.41) is 7.62. The number of rotatable bonds is 7. The normalized spacial score (nSPS) is 14.1. The molecule has 2 unspecified atom stereocenters. The number of nitrogens with zero attached hydrogens (tertiary/aromatic N) is 2. The second-order valence-electron chi connectivity index (χ2n) is 4.90. The molecule has 7 heteroatoms. The second-order valence-corrected chi connectivity index (χ2v) is 7.82. The summed E-state index contributed by atoms with van der Waals surface area (Å²) in [6.45, 7) is 7.55. The lowest BCUT2D eigenvalue weighted by Gasteiger charge is -2.12. The fourth-order valence-corrected chi connectivity index (χ4v) is 3.16. The fraction of sp³-hybridized carbons (Fsp3) is 0.571. The molecule has 0 aromatic carbocycles. The van der Waals surface area contributed by atoms with Gasteiger partial charge in [-0.3, -0.25) is 4.21 Å². The van der Waals surface area contributed by atoms with Gasteiger partial charge in [0.25, 0.3) is 0 Å². The van der Waals surface area contributed by atoms with Crippen LogP contribution >= 0.6 is 11.3 Å². The molecule has 0 saturated carbocycles. The average Bonchev–Trinajstić information content (AvgIpc) is 2.87. The van der Waals surface area contributed by atoms with Gasteiger partial charge in [-0.2, -0.15) is 4.98 Å². The van der Waals surface area contributed by atoms with Crippen molar-refractivity contribution < 1.29 is 4.21 Å². The SMILES string of the molecule is CCNc1nc(NCC(C)S(C)=O)c2cc(CC)sc2n1. The first-order valence-electron chi connectivity index (χ1n) is 7.15. The van der Waals surface area contributed by atoms with E-state index in [-0.39, 0.29) is 5.25 Å². The lowest BCUT2D eigenvalue weighted by molar-refractivity contribution is 0.679. The summed E-state index contributed by atoms with van der Waals surface area (Å²) in [5.41, 5.74) is 0. The van der Waals surface area contributed by atoms with E-state index in [2.05, 4.69) is 33.6 Å². The number of nitrogens with one attached hydrogen (secondary N) is 2. The molecule has 2 N–H and O–H groups in total. The van der Waals surface area contributed by atoms with Gasteiger partial charge >= 0.3 is 0 Å². The van der Waals surface area contributed by atoms with Gasteiger partial charge in [-0.05, 0) is 26.3 Å². The highest BCUT2D eigenvalue weighted by Gasteiger charge is 2.13. The largest absolute Gasteiger partial charge is 0.368 e. The molecule has 0 spiro atoms.